The highest BCUT2D eigenvalue weighted by atomic mass is 35.5. The third-order valence-electron chi connectivity index (χ3n) is 4.10. The number of ether oxygens (including phenoxy) is 2. The van der Waals surface area contributed by atoms with Crippen molar-refractivity contribution in [3.8, 4) is 0 Å². The number of rotatable bonds is 3. The van der Waals surface area contributed by atoms with Crippen LogP contribution in [-0.4, -0.2) is 27.7 Å². The van der Waals surface area contributed by atoms with Gasteiger partial charge in [0.15, 0.2) is 10.7 Å². The number of nitrogens with two attached hydrogens (primary N) is 1. The maximum Gasteiger partial charge on any atom is 0.324 e. The highest BCUT2D eigenvalue weighted by Gasteiger charge is 2.49. The van der Waals surface area contributed by atoms with Gasteiger partial charge in [-0.2, -0.15) is 0 Å². The summed E-state index contributed by atoms with van der Waals surface area (Å²) in [7, 11) is 0. The van der Waals surface area contributed by atoms with Crippen molar-refractivity contribution in [1.82, 2.24) is 9.97 Å². The first-order chi connectivity index (χ1) is 12.6. The van der Waals surface area contributed by atoms with Crippen molar-refractivity contribution in [2.24, 2.45) is 5.92 Å². The number of carbonyl (C=O) groups excluding carboxylic acids is 2. The summed E-state index contributed by atoms with van der Waals surface area (Å²) in [6.45, 7) is 2.87. The molecular formula is C17H16ClN3O5S. The monoisotopic (exact) mass is 409 g/mol. The van der Waals surface area contributed by atoms with Crippen LogP contribution >= 0.6 is 23.8 Å². The van der Waals surface area contributed by atoms with E-state index in [1.807, 2.05) is 0 Å². The summed E-state index contributed by atoms with van der Waals surface area (Å²) < 4.78 is 10.4. The van der Waals surface area contributed by atoms with Crippen molar-refractivity contribution in [2.45, 2.75) is 25.6 Å². The minimum absolute atomic E-state index is 0.00842. The second-order valence-corrected chi connectivity index (χ2v) is 7.27. The van der Waals surface area contributed by atoms with E-state index in [1.54, 1.807) is 24.3 Å². The number of nitrogens with one attached hydrogen (secondary N) is 2. The Balaban J connectivity index is 2.26. The predicted octanol–water partition coefficient (Wildman–Crippen LogP) is 2.25. The molecule has 1 atom stereocenters. The number of aromatic nitrogens is 2. The summed E-state index contributed by atoms with van der Waals surface area (Å²) in [5.41, 5.74) is 5.61. The van der Waals surface area contributed by atoms with Gasteiger partial charge in [-0.1, -0.05) is 29.8 Å². The minimum Gasteiger partial charge on any atom is -0.422 e. The predicted molar refractivity (Wildman–Crippen MR) is 99.7 cm³/mol. The molecule has 0 amide bonds. The average Bonchev–Trinajstić information content (AvgIpc) is 2.51. The average molecular weight is 410 g/mol. The summed E-state index contributed by atoms with van der Waals surface area (Å²) in [6, 6.07) is 6.50. The van der Waals surface area contributed by atoms with Gasteiger partial charge < -0.3 is 20.2 Å². The molecule has 0 bridgehead atoms. The van der Waals surface area contributed by atoms with Crippen LogP contribution < -0.4 is 11.3 Å². The normalized spacial score (nSPS) is 17.9. The molecule has 0 saturated carbocycles. The van der Waals surface area contributed by atoms with E-state index in [1.165, 1.54) is 13.8 Å². The topological polar surface area (TPSA) is 127 Å². The van der Waals surface area contributed by atoms with E-state index in [-0.39, 0.29) is 21.2 Å². The van der Waals surface area contributed by atoms with E-state index < -0.39 is 35.1 Å². The van der Waals surface area contributed by atoms with Gasteiger partial charge in [0.25, 0.3) is 11.3 Å². The maximum absolute atomic E-state index is 12.7. The van der Waals surface area contributed by atoms with Crippen LogP contribution in [0.5, 0.6) is 0 Å². The van der Waals surface area contributed by atoms with Gasteiger partial charge in [0.1, 0.15) is 5.82 Å². The number of halogens is 1. The highest BCUT2D eigenvalue weighted by Crippen LogP contribution is 2.40. The molecule has 1 unspecified atom stereocenters. The largest absolute Gasteiger partial charge is 0.422 e. The van der Waals surface area contributed by atoms with Crippen LogP contribution in [0.3, 0.4) is 0 Å². The van der Waals surface area contributed by atoms with Gasteiger partial charge in [0.2, 0.25) is 0 Å². The van der Waals surface area contributed by atoms with Crippen molar-refractivity contribution < 1.29 is 19.1 Å². The van der Waals surface area contributed by atoms with Gasteiger partial charge in [-0.25, -0.2) is 0 Å². The second-order valence-electron chi connectivity index (χ2n) is 6.45. The number of hydrogen-bond acceptors (Lipinski definition) is 7. The van der Waals surface area contributed by atoms with Gasteiger partial charge in [0.05, 0.1) is 5.56 Å². The Morgan fingerprint density at radius 1 is 1.15 bits per heavy atom. The molecule has 0 radical (unpaired) electrons. The van der Waals surface area contributed by atoms with Gasteiger partial charge in [-0.05, 0) is 23.8 Å². The molecule has 1 fully saturated rings. The maximum atomic E-state index is 12.7. The van der Waals surface area contributed by atoms with E-state index in [0.29, 0.717) is 5.56 Å². The molecule has 27 heavy (non-hydrogen) atoms. The number of aromatic amines is 2. The molecule has 10 heteroatoms. The Morgan fingerprint density at radius 2 is 1.74 bits per heavy atom. The van der Waals surface area contributed by atoms with Gasteiger partial charge in [-0.3, -0.25) is 19.4 Å². The molecule has 3 rings (SSSR count). The molecule has 0 spiro atoms. The number of H-pyrrole nitrogens is 2. The molecule has 4 N–H and O–H groups in total. The SMILES string of the molecule is CC1(C)OC(=O)C(C(c2ccccc2Cl)c2c(N)[nH]c(=S)[nH]c2=O)C(=O)O1. The van der Waals surface area contributed by atoms with Crippen molar-refractivity contribution in [3.63, 3.8) is 0 Å². The summed E-state index contributed by atoms with van der Waals surface area (Å²) >= 11 is 11.2. The Bertz CT molecular complexity index is 1030. The Kier molecular flexibility index (Phi) is 4.83. The summed E-state index contributed by atoms with van der Waals surface area (Å²) in [4.78, 5) is 43.0. The number of cyclic esters (lactones) is 2. The molecule has 1 aliphatic rings. The lowest BCUT2D eigenvalue weighted by Gasteiger charge is -2.36. The van der Waals surface area contributed by atoms with E-state index in [2.05, 4.69) is 9.97 Å². The summed E-state index contributed by atoms with van der Waals surface area (Å²) in [5.74, 6) is -5.79. The third kappa shape index (κ3) is 3.60. The second kappa shape index (κ2) is 6.82. The van der Waals surface area contributed by atoms with Gasteiger partial charge in [-0.15, -0.1) is 0 Å². The fourth-order valence-electron chi connectivity index (χ4n) is 3.05. The standard InChI is InChI=1S/C17H16ClN3O5S/c1-17(2)25-14(23)11(15(24)26-17)9(7-5-3-4-6-8(7)18)10-12(19)20-16(27)21-13(10)22/h3-6,9,11H,1-2H3,(H4,19,20,21,22,27). The molecule has 142 valence electrons. The molecule has 2 heterocycles. The molecular weight excluding hydrogens is 394 g/mol. The van der Waals surface area contributed by atoms with Crippen molar-refractivity contribution in [3.05, 3.63) is 55.5 Å². The van der Waals surface area contributed by atoms with E-state index in [0.717, 1.165) is 0 Å². The van der Waals surface area contributed by atoms with Gasteiger partial charge >= 0.3 is 11.9 Å². The highest BCUT2D eigenvalue weighted by molar-refractivity contribution is 7.71. The first-order valence-corrected chi connectivity index (χ1v) is 8.71. The zero-order chi connectivity index (χ0) is 19.9. The van der Waals surface area contributed by atoms with Crippen molar-refractivity contribution >= 4 is 41.6 Å². The Labute approximate surface area is 163 Å². The lowest BCUT2D eigenvalue weighted by Crippen LogP contribution is -2.49. The van der Waals surface area contributed by atoms with E-state index in [9.17, 15) is 14.4 Å². The summed E-state index contributed by atoms with van der Waals surface area (Å²) in [6.07, 6.45) is 0. The molecule has 0 aliphatic carbocycles. The zero-order valence-corrected chi connectivity index (χ0v) is 15.9. The van der Waals surface area contributed by atoms with Crippen molar-refractivity contribution in [1.29, 1.82) is 0 Å². The Morgan fingerprint density at radius 3 is 2.30 bits per heavy atom. The number of benzene rings is 1. The number of nitrogen functional groups attached to an aromatic ring is 1. The Hall–Kier alpha value is -2.65. The van der Waals surface area contributed by atoms with Crippen LogP contribution in [0.25, 0.3) is 0 Å². The van der Waals surface area contributed by atoms with Crippen LogP contribution in [0, 0.1) is 10.7 Å². The fourth-order valence-corrected chi connectivity index (χ4v) is 3.51. The third-order valence-corrected chi connectivity index (χ3v) is 4.64. The number of esters is 2. The molecule has 2 aromatic rings. The molecule has 1 aromatic heterocycles. The van der Waals surface area contributed by atoms with Gasteiger partial charge in [0, 0.05) is 24.8 Å². The van der Waals surface area contributed by atoms with Crippen LogP contribution in [0.1, 0.15) is 30.9 Å². The first kappa shape index (κ1) is 19.1. The van der Waals surface area contributed by atoms with Crippen LogP contribution in [-0.2, 0) is 19.1 Å². The van der Waals surface area contributed by atoms with E-state index in [4.69, 9.17) is 39.0 Å². The molecule has 8 nitrogen and oxygen atoms in total. The molecule has 1 saturated heterocycles. The first-order valence-electron chi connectivity index (χ1n) is 7.93. The number of anilines is 1. The molecule has 1 aromatic carbocycles. The van der Waals surface area contributed by atoms with Crippen LogP contribution in [0.15, 0.2) is 29.1 Å². The van der Waals surface area contributed by atoms with E-state index >= 15 is 0 Å². The van der Waals surface area contributed by atoms with Crippen molar-refractivity contribution in [2.75, 3.05) is 5.73 Å². The minimum atomic E-state index is -1.47. The van der Waals surface area contributed by atoms with Crippen LogP contribution in [0.4, 0.5) is 5.82 Å². The lowest BCUT2D eigenvalue weighted by atomic mass is 9.80. The zero-order valence-electron chi connectivity index (χ0n) is 14.4. The lowest BCUT2D eigenvalue weighted by molar-refractivity contribution is -0.240. The smallest absolute Gasteiger partial charge is 0.324 e. The molecule has 1 aliphatic heterocycles. The quantitative estimate of drug-likeness (QED) is 0.403. The van der Waals surface area contributed by atoms with Crippen LogP contribution in [0.2, 0.25) is 5.02 Å². The fraction of sp³-hybridized carbons (Fsp3) is 0.294. The summed E-state index contributed by atoms with van der Waals surface area (Å²) in [5, 5.41) is 0.245. The number of hydrogen-bond donors (Lipinski definition) is 3. The number of carbonyl (C=O) groups is 2.